The molecule has 0 heterocycles. The Morgan fingerprint density at radius 1 is 0.909 bits per heavy atom. The van der Waals surface area contributed by atoms with Crippen LogP contribution >= 0.6 is 46.4 Å². The van der Waals surface area contributed by atoms with Gasteiger partial charge in [0, 0.05) is 6.07 Å². The molecule has 0 aliphatic rings. The SMILES string of the molecule is Nc1ccc(Oc2c(Cl)cc(C(F)(F)F)c(Cl)c2Cl)cc1Cl. The van der Waals surface area contributed by atoms with Gasteiger partial charge in [0.25, 0.3) is 0 Å². The van der Waals surface area contributed by atoms with Crippen LogP contribution in [0, 0.1) is 0 Å². The van der Waals surface area contributed by atoms with Gasteiger partial charge in [-0.15, -0.1) is 0 Å². The first-order valence-corrected chi connectivity index (χ1v) is 7.10. The Balaban J connectivity index is 2.48. The Hall–Kier alpha value is -1.01. The van der Waals surface area contributed by atoms with Gasteiger partial charge in [-0.2, -0.15) is 13.2 Å². The Morgan fingerprint density at radius 3 is 2.09 bits per heavy atom. The molecule has 0 unspecified atom stereocenters. The molecule has 0 spiro atoms. The molecule has 22 heavy (non-hydrogen) atoms. The first-order valence-electron chi connectivity index (χ1n) is 5.59. The molecule has 2 N–H and O–H groups in total. The molecular formula is C13H6Cl4F3NO. The summed E-state index contributed by atoms with van der Waals surface area (Å²) in [5.74, 6) is -0.0130. The lowest BCUT2D eigenvalue weighted by atomic mass is 10.2. The van der Waals surface area contributed by atoms with Crippen molar-refractivity contribution in [2.45, 2.75) is 6.18 Å². The summed E-state index contributed by atoms with van der Waals surface area (Å²) in [6, 6.07) is 4.93. The maximum absolute atomic E-state index is 12.8. The van der Waals surface area contributed by atoms with Gasteiger partial charge < -0.3 is 10.5 Å². The zero-order chi connectivity index (χ0) is 16.7. The zero-order valence-electron chi connectivity index (χ0n) is 10.4. The van der Waals surface area contributed by atoms with Crippen molar-refractivity contribution >= 4 is 52.1 Å². The molecule has 0 saturated heterocycles. The fourth-order valence-electron chi connectivity index (χ4n) is 1.57. The molecule has 118 valence electrons. The van der Waals surface area contributed by atoms with Crippen molar-refractivity contribution in [3.63, 3.8) is 0 Å². The van der Waals surface area contributed by atoms with Crippen LogP contribution in [0.4, 0.5) is 18.9 Å². The van der Waals surface area contributed by atoms with E-state index in [-0.39, 0.29) is 21.5 Å². The van der Waals surface area contributed by atoms with E-state index in [0.29, 0.717) is 11.8 Å². The minimum atomic E-state index is -4.69. The lowest BCUT2D eigenvalue weighted by Gasteiger charge is -2.15. The number of halogens is 7. The third kappa shape index (κ3) is 3.49. The van der Waals surface area contributed by atoms with Gasteiger partial charge in [-0.3, -0.25) is 0 Å². The number of rotatable bonds is 2. The van der Waals surface area contributed by atoms with Gasteiger partial charge in [0.1, 0.15) is 10.8 Å². The Morgan fingerprint density at radius 2 is 1.55 bits per heavy atom. The summed E-state index contributed by atoms with van der Waals surface area (Å²) < 4.78 is 43.7. The fraction of sp³-hybridized carbons (Fsp3) is 0.0769. The summed E-state index contributed by atoms with van der Waals surface area (Å²) in [4.78, 5) is 0. The first-order chi connectivity index (χ1) is 10.1. The van der Waals surface area contributed by atoms with Gasteiger partial charge in [0.05, 0.1) is 26.3 Å². The molecule has 2 aromatic rings. The van der Waals surface area contributed by atoms with Crippen LogP contribution in [0.25, 0.3) is 0 Å². The molecule has 0 aliphatic heterocycles. The van der Waals surface area contributed by atoms with Gasteiger partial charge >= 0.3 is 6.18 Å². The molecule has 2 rings (SSSR count). The quantitative estimate of drug-likeness (QED) is 0.457. The van der Waals surface area contributed by atoms with Crippen LogP contribution in [0.2, 0.25) is 20.1 Å². The number of nitrogens with two attached hydrogens (primary N) is 1. The Labute approximate surface area is 143 Å². The molecule has 9 heteroatoms. The van der Waals surface area contributed by atoms with Gasteiger partial charge in [0.15, 0.2) is 5.75 Å². The molecule has 0 atom stereocenters. The third-order valence-electron chi connectivity index (χ3n) is 2.61. The molecule has 0 amide bonds. The highest BCUT2D eigenvalue weighted by molar-refractivity contribution is 6.45. The van der Waals surface area contributed by atoms with E-state index in [2.05, 4.69) is 0 Å². The third-order valence-corrected chi connectivity index (χ3v) is 4.07. The number of hydrogen-bond donors (Lipinski definition) is 1. The van der Waals surface area contributed by atoms with Crippen LogP contribution in [0.3, 0.4) is 0 Å². The molecule has 0 aromatic heterocycles. The predicted molar refractivity (Wildman–Crippen MR) is 82.4 cm³/mol. The Bertz CT molecular complexity index is 734. The van der Waals surface area contributed by atoms with Crippen LogP contribution in [0.1, 0.15) is 5.56 Å². The van der Waals surface area contributed by atoms with Crippen molar-refractivity contribution < 1.29 is 17.9 Å². The number of benzene rings is 2. The average Bonchev–Trinajstić information content (AvgIpc) is 2.41. The molecule has 0 saturated carbocycles. The number of ether oxygens (including phenoxy) is 1. The van der Waals surface area contributed by atoms with Gasteiger partial charge in [-0.25, -0.2) is 0 Å². The van der Waals surface area contributed by atoms with Crippen molar-refractivity contribution in [2.24, 2.45) is 0 Å². The minimum absolute atomic E-state index is 0.193. The van der Waals surface area contributed by atoms with E-state index in [1.807, 2.05) is 0 Å². The van der Waals surface area contributed by atoms with Crippen molar-refractivity contribution in [2.75, 3.05) is 5.73 Å². The lowest BCUT2D eigenvalue weighted by molar-refractivity contribution is -0.137. The normalized spacial score (nSPS) is 11.6. The zero-order valence-corrected chi connectivity index (χ0v) is 13.5. The van der Waals surface area contributed by atoms with Crippen molar-refractivity contribution in [1.82, 2.24) is 0 Å². The van der Waals surface area contributed by atoms with Crippen molar-refractivity contribution in [3.05, 3.63) is 49.9 Å². The smallest absolute Gasteiger partial charge is 0.417 e. The maximum atomic E-state index is 12.8. The summed E-state index contributed by atoms with van der Waals surface area (Å²) in [6.45, 7) is 0. The number of alkyl halides is 3. The van der Waals surface area contributed by atoms with Crippen LogP contribution in [0.5, 0.6) is 11.5 Å². The van der Waals surface area contributed by atoms with E-state index in [1.165, 1.54) is 18.2 Å². The average molecular weight is 391 g/mol. The Kier molecular flexibility index (Phi) is 4.92. The number of anilines is 1. The maximum Gasteiger partial charge on any atom is 0.417 e. The van der Waals surface area contributed by atoms with Gasteiger partial charge in [0.2, 0.25) is 0 Å². The predicted octanol–water partition coefficient (Wildman–Crippen LogP) is 6.69. The van der Waals surface area contributed by atoms with Crippen LogP contribution in [-0.2, 0) is 6.18 Å². The topological polar surface area (TPSA) is 35.2 Å². The fourth-order valence-corrected chi connectivity index (χ4v) is 2.52. The van der Waals surface area contributed by atoms with Crippen LogP contribution < -0.4 is 10.5 Å². The molecule has 0 fully saturated rings. The highest BCUT2D eigenvalue weighted by atomic mass is 35.5. The molecular weight excluding hydrogens is 385 g/mol. The highest BCUT2D eigenvalue weighted by Crippen LogP contribution is 2.47. The van der Waals surface area contributed by atoms with E-state index in [1.54, 1.807) is 0 Å². The summed E-state index contributed by atoms with van der Waals surface area (Å²) in [5, 5.41) is -1.28. The van der Waals surface area contributed by atoms with E-state index in [4.69, 9.17) is 56.9 Å². The van der Waals surface area contributed by atoms with Crippen LogP contribution in [-0.4, -0.2) is 0 Å². The number of nitrogen functional groups attached to an aromatic ring is 1. The second kappa shape index (κ2) is 6.24. The van der Waals surface area contributed by atoms with Gasteiger partial charge in [-0.1, -0.05) is 46.4 Å². The minimum Gasteiger partial charge on any atom is -0.454 e. The standard InChI is InChI=1S/C13H6Cl4F3NO/c14-7-3-5(1-2-9(7)21)22-12-8(15)4-6(13(18,19)20)10(16)11(12)17/h1-4H,21H2. The van der Waals surface area contributed by atoms with Crippen molar-refractivity contribution in [1.29, 1.82) is 0 Å². The summed E-state index contributed by atoms with van der Waals surface area (Å²) in [6.07, 6.45) is -4.69. The summed E-state index contributed by atoms with van der Waals surface area (Å²) in [7, 11) is 0. The first kappa shape index (κ1) is 17.3. The second-order valence-electron chi connectivity index (χ2n) is 4.15. The second-order valence-corrected chi connectivity index (χ2v) is 5.72. The summed E-state index contributed by atoms with van der Waals surface area (Å²) in [5.41, 5.74) is 4.72. The largest absolute Gasteiger partial charge is 0.454 e. The molecule has 0 aliphatic carbocycles. The van der Waals surface area contributed by atoms with Gasteiger partial charge in [-0.05, 0) is 18.2 Å². The number of hydrogen-bond acceptors (Lipinski definition) is 2. The molecule has 0 bridgehead atoms. The van der Waals surface area contributed by atoms with E-state index >= 15 is 0 Å². The van der Waals surface area contributed by atoms with E-state index < -0.39 is 21.8 Å². The summed E-state index contributed by atoms with van der Waals surface area (Å²) >= 11 is 23.1. The van der Waals surface area contributed by atoms with Crippen LogP contribution in [0.15, 0.2) is 24.3 Å². The highest BCUT2D eigenvalue weighted by Gasteiger charge is 2.36. The van der Waals surface area contributed by atoms with E-state index in [0.717, 1.165) is 0 Å². The molecule has 0 radical (unpaired) electrons. The lowest BCUT2D eigenvalue weighted by Crippen LogP contribution is -2.06. The monoisotopic (exact) mass is 389 g/mol. The molecule has 2 nitrogen and oxygen atoms in total. The molecule has 2 aromatic carbocycles. The van der Waals surface area contributed by atoms with E-state index in [9.17, 15) is 13.2 Å². The van der Waals surface area contributed by atoms with Crippen molar-refractivity contribution in [3.8, 4) is 11.5 Å².